The van der Waals surface area contributed by atoms with Gasteiger partial charge in [-0.05, 0) is 12.8 Å². The summed E-state index contributed by atoms with van der Waals surface area (Å²) >= 11 is 0. The maximum atomic E-state index is 11.6. The smallest absolute Gasteiger partial charge is 0.319 e. The number of esters is 1. The summed E-state index contributed by atoms with van der Waals surface area (Å²) in [6.07, 6.45) is 3.69. The van der Waals surface area contributed by atoms with Gasteiger partial charge in [-0.2, -0.15) is 0 Å². The van der Waals surface area contributed by atoms with Crippen LogP contribution in [-0.4, -0.2) is 18.9 Å². The Morgan fingerprint density at radius 2 is 1.85 bits per heavy atom. The predicted molar refractivity (Wildman–Crippen MR) is 48.2 cm³/mol. The molecule has 74 valence electrons. The van der Waals surface area contributed by atoms with Gasteiger partial charge in [-0.25, -0.2) is 0 Å². The molecule has 0 saturated heterocycles. The number of hydrogen-bond donors (Lipinski definition) is 0. The zero-order valence-electron chi connectivity index (χ0n) is 8.26. The number of carbonyl (C=O) groups is 2. The first-order valence-electron chi connectivity index (χ1n) is 4.79. The number of rotatable bonds is 3. The maximum Gasteiger partial charge on any atom is 0.319 e. The van der Waals surface area contributed by atoms with E-state index in [2.05, 4.69) is 0 Å². The van der Waals surface area contributed by atoms with E-state index < -0.39 is 5.41 Å². The maximum absolute atomic E-state index is 11.6. The van der Waals surface area contributed by atoms with Crippen molar-refractivity contribution in [3.05, 3.63) is 0 Å². The lowest BCUT2D eigenvalue weighted by molar-refractivity contribution is -0.157. The first-order valence-corrected chi connectivity index (χ1v) is 4.79. The second kappa shape index (κ2) is 3.90. The highest BCUT2D eigenvalue weighted by Crippen LogP contribution is 2.40. The SMILES string of the molecule is CCC(=O)C1(C(=O)OC)CCCC1. The van der Waals surface area contributed by atoms with Crippen molar-refractivity contribution in [2.45, 2.75) is 39.0 Å². The molecule has 0 bridgehead atoms. The van der Waals surface area contributed by atoms with Crippen LogP contribution in [0.4, 0.5) is 0 Å². The van der Waals surface area contributed by atoms with Crippen molar-refractivity contribution in [1.29, 1.82) is 0 Å². The molecule has 0 unspecified atom stereocenters. The van der Waals surface area contributed by atoms with Crippen LogP contribution in [0.15, 0.2) is 0 Å². The first kappa shape index (κ1) is 10.2. The predicted octanol–water partition coefficient (Wildman–Crippen LogP) is 1.70. The van der Waals surface area contributed by atoms with Gasteiger partial charge < -0.3 is 4.74 Å². The topological polar surface area (TPSA) is 43.4 Å². The number of carbonyl (C=O) groups excluding carboxylic acids is 2. The lowest BCUT2D eigenvalue weighted by atomic mass is 9.80. The summed E-state index contributed by atoms with van der Waals surface area (Å²) in [5.74, 6) is -0.297. The van der Waals surface area contributed by atoms with E-state index in [0.29, 0.717) is 19.3 Å². The van der Waals surface area contributed by atoms with Gasteiger partial charge in [0.25, 0.3) is 0 Å². The summed E-state index contributed by atoms with van der Waals surface area (Å²) in [5.41, 5.74) is -0.788. The minimum atomic E-state index is -0.788. The van der Waals surface area contributed by atoms with Crippen LogP contribution >= 0.6 is 0 Å². The van der Waals surface area contributed by atoms with E-state index in [-0.39, 0.29) is 11.8 Å². The van der Waals surface area contributed by atoms with Crippen molar-refractivity contribution < 1.29 is 14.3 Å². The highest BCUT2D eigenvalue weighted by Gasteiger charge is 2.47. The molecule has 0 aromatic carbocycles. The van der Waals surface area contributed by atoms with Crippen LogP contribution in [0.3, 0.4) is 0 Å². The number of ether oxygens (including phenoxy) is 1. The molecule has 0 aromatic heterocycles. The second-order valence-corrected chi connectivity index (χ2v) is 3.56. The monoisotopic (exact) mass is 184 g/mol. The minimum Gasteiger partial charge on any atom is -0.468 e. The third-order valence-electron chi connectivity index (χ3n) is 2.89. The van der Waals surface area contributed by atoms with Gasteiger partial charge in [0.05, 0.1) is 7.11 Å². The molecule has 1 saturated carbocycles. The van der Waals surface area contributed by atoms with Crippen molar-refractivity contribution in [2.24, 2.45) is 5.41 Å². The van der Waals surface area contributed by atoms with Crippen LogP contribution in [-0.2, 0) is 14.3 Å². The Morgan fingerprint density at radius 3 is 2.23 bits per heavy atom. The Hall–Kier alpha value is -0.860. The molecule has 0 heterocycles. The Kier molecular flexibility index (Phi) is 3.07. The summed E-state index contributed by atoms with van der Waals surface area (Å²) in [6, 6.07) is 0. The summed E-state index contributed by atoms with van der Waals surface area (Å²) < 4.78 is 4.70. The summed E-state index contributed by atoms with van der Waals surface area (Å²) in [4.78, 5) is 23.1. The third kappa shape index (κ3) is 1.60. The van der Waals surface area contributed by atoms with E-state index in [4.69, 9.17) is 4.74 Å². The van der Waals surface area contributed by atoms with Gasteiger partial charge in [0.1, 0.15) is 11.2 Å². The fourth-order valence-corrected chi connectivity index (χ4v) is 2.11. The highest BCUT2D eigenvalue weighted by atomic mass is 16.5. The van der Waals surface area contributed by atoms with Gasteiger partial charge in [0.15, 0.2) is 0 Å². The molecule has 0 amide bonds. The summed E-state index contributed by atoms with van der Waals surface area (Å²) in [7, 11) is 1.35. The Balaban J connectivity index is 2.86. The van der Waals surface area contributed by atoms with Gasteiger partial charge in [0.2, 0.25) is 0 Å². The molecule has 3 nitrogen and oxygen atoms in total. The molecule has 0 atom stereocenters. The van der Waals surface area contributed by atoms with E-state index in [1.807, 2.05) is 0 Å². The molecular weight excluding hydrogens is 168 g/mol. The van der Waals surface area contributed by atoms with Crippen molar-refractivity contribution in [2.75, 3.05) is 7.11 Å². The quantitative estimate of drug-likeness (QED) is 0.495. The molecule has 3 heteroatoms. The third-order valence-corrected chi connectivity index (χ3v) is 2.89. The molecule has 1 aliphatic rings. The van der Waals surface area contributed by atoms with Gasteiger partial charge in [-0.3, -0.25) is 9.59 Å². The van der Waals surface area contributed by atoms with E-state index in [1.165, 1.54) is 7.11 Å². The lowest BCUT2D eigenvalue weighted by Gasteiger charge is -2.23. The largest absolute Gasteiger partial charge is 0.468 e. The normalized spacial score (nSPS) is 19.8. The molecule has 0 N–H and O–H groups in total. The fraction of sp³-hybridized carbons (Fsp3) is 0.800. The molecule has 0 radical (unpaired) electrons. The average Bonchev–Trinajstić information content (AvgIpc) is 2.65. The molecule has 0 aromatic rings. The fourth-order valence-electron chi connectivity index (χ4n) is 2.11. The standard InChI is InChI=1S/C10H16O3/c1-3-8(11)10(9(12)13-2)6-4-5-7-10/h3-7H2,1-2H3. The van der Waals surface area contributed by atoms with Crippen LogP contribution in [0.1, 0.15) is 39.0 Å². The first-order chi connectivity index (χ1) is 6.17. The number of hydrogen-bond acceptors (Lipinski definition) is 3. The van der Waals surface area contributed by atoms with E-state index in [1.54, 1.807) is 6.92 Å². The van der Waals surface area contributed by atoms with E-state index in [0.717, 1.165) is 12.8 Å². The van der Waals surface area contributed by atoms with Gasteiger partial charge in [0, 0.05) is 6.42 Å². The zero-order chi connectivity index (χ0) is 9.90. The van der Waals surface area contributed by atoms with E-state index >= 15 is 0 Å². The number of Topliss-reactive ketones (excluding diaryl/α,β-unsaturated/α-hetero) is 1. The second-order valence-electron chi connectivity index (χ2n) is 3.56. The molecule has 13 heavy (non-hydrogen) atoms. The van der Waals surface area contributed by atoms with Crippen LogP contribution in [0.25, 0.3) is 0 Å². The minimum absolute atomic E-state index is 0.0388. The summed E-state index contributed by atoms with van der Waals surface area (Å²) in [6.45, 7) is 1.80. The van der Waals surface area contributed by atoms with Crippen molar-refractivity contribution >= 4 is 11.8 Å². The van der Waals surface area contributed by atoms with Crippen LogP contribution in [0.5, 0.6) is 0 Å². The van der Waals surface area contributed by atoms with Gasteiger partial charge >= 0.3 is 5.97 Å². The van der Waals surface area contributed by atoms with Crippen molar-refractivity contribution in [3.63, 3.8) is 0 Å². The lowest BCUT2D eigenvalue weighted by Crippen LogP contribution is -2.37. The zero-order valence-corrected chi connectivity index (χ0v) is 8.26. The Labute approximate surface area is 78.5 Å². The Morgan fingerprint density at radius 1 is 1.31 bits per heavy atom. The highest BCUT2D eigenvalue weighted by molar-refractivity contribution is 6.03. The molecular formula is C10H16O3. The molecule has 1 aliphatic carbocycles. The molecule has 1 rings (SSSR count). The van der Waals surface area contributed by atoms with Crippen LogP contribution in [0.2, 0.25) is 0 Å². The van der Waals surface area contributed by atoms with Crippen LogP contribution < -0.4 is 0 Å². The summed E-state index contributed by atoms with van der Waals surface area (Å²) in [5, 5.41) is 0. The van der Waals surface area contributed by atoms with Crippen molar-refractivity contribution in [1.82, 2.24) is 0 Å². The number of ketones is 1. The molecule has 0 spiro atoms. The van der Waals surface area contributed by atoms with Crippen LogP contribution in [0, 0.1) is 5.41 Å². The van der Waals surface area contributed by atoms with E-state index in [9.17, 15) is 9.59 Å². The molecule has 0 aliphatic heterocycles. The average molecular weight is 184 g/mol. The Bertz CT molecular complexity index is 196. The van der Waals surface area contributed by atoms with Gasteiger partial charge in [-0.15, -0.1) is 0 Å². The number of methoxy groups -OCH3 is 1. The van der Waals surface area contributed by atoms with Gasteiger partial charge in [-0.1, -0.05) is 19.8 Å². The van der Waals surface area contributed by atoms with Crippen molar-refractivity contribution in [3.8, 4) is 0 Å². The molecule has 1 fully saturated rings.